The summed E-state index contributed by atoms with van der Waals surface area (Å²) in [6.07, 6.45) is 2.24. The molecule has 1 fully saturated rings. The Morgan fingerprint density at radius 2 is 2.00 bits per heavy atom. The standard InChI is InChI=1S/C16H24N2O3/c1-11(16(19)17-13-6-7-13)18(2)10-12-5-8-14(20-3)15(9-12)21-4/h5,8-9,11,13H,6-7,10H2,1-4H3,(H,17,19)/p+1/t11-/m1/s1. The Balaban J connectivity index is 1.97. The highest BCUT2D eigenvalue weighted by atomic mass is 16.5. The highest BCUT2D eigenvalue weighted by molar-refractivity contribution is 5.80. The Bertz CT molecular complexity index is 500. The predicted octanol–water partition coefficient (Wildman–Crippen LogP) is 0.386. The van der Waals surface area contributed by atoms with Gasteiger partial charge in [0, 0.05) is 11.6 Å². The molecule has 1 aliphatic carbocycles. The summed E-state index contributed by atoms with van der Waals surface area (Å²) in [6.45, 7) is 2.73. The van der Waals surface area contributed by atoms with Crippen molar-refractivity contribution in [3.05, 3.63) is 23.8 Å². The van der Waals surface area contributed by atoms with Gasteiger partial charge in [0.15, 0.2) is 17.5 Å². The zero-order chi connectivity index (χ0) is 15.4. The van der Waals surface area contributed by atoms with Crippen LogP contribution in [0.25, 0.3) is 0 Å². The molecule has 0 saturated heterocycles. The van der Waals surface area contributed by atoms with Gasteiger partial charge < -0.3 is 19.7 Å². The topological polar surface area (TPSA) is 52.0 Å². The van der Waals surface area contributed by atoms with Crippen molar-refractivity contribution in [2.75, 3.05) is 21.3 Å². The van der Waals surface area contributed by atoms with E-state index in [0.29, 0.717) is 6.04 Å². The van der Waals surface area contributed by atoms with Crippen molar-refractivity contribution in [3.63, 3.8) is 0 Å². The van der Waals surface area contributed by atoms with Crippen LogP contribution in [0.3, 0.4) is 0 Å². The van der Waals surface area contributed by atoms with Gasteiger partial charge in [0.1, 0.15) is 6.54 Å². The van der Waals surface area contributed by atoms with Gasteiger partial charge in [-0.2, -0.15) is 0 Å². The first-order valence-electron chi connectivity index (χ1n) is 7.38. The van der Waals surface area contributed by atoms with Crippen LogP contribution in [0.4, 0.5) is 0 Å². The molecule has 2 N–H and O–H groups in total. The van der Waals surface area contributed by atoms with Gasteiger partial charge >= 0.3 is 0 Å². The van der Waals surface area contributed by atoms with E-state index in [2.05, 4.69) is 5.32 Å². The van der Waals surface area contributed by atoms with E-state index < -0.39 is 0 Å². The second-order valence-electron chi connectivity index (χ2n) is 5.72. The van der Waals surface area contributed by atoms with E-state index >= 15 is 0 Å². The fourth-order valence-electron chi connectivity index (χ4n) is 2.24. The molecule has 2 atom stereocenters. The van der Waals surface area contributed by atoms with Crippen molar-refractivity contribution in [2.45, 2.75) is 38.4 Å². The number of ether oxygens (including phenoxy) is 2. The van der Waals surface area contributed by atoms with Gasteiger partial charge in [-0.05, 0) is 38.0 Å². The second kappa shape index (κ2) is 6.80. The molecule has 1 aromatic rings. The number of quaternary nitrogens is 1. The molecule has 1 saturated carbocycles. The zero-order valence-corrected chi connectivity index (χ0v) is 13.2. The Labute approximate surface area is 126 Å². The van der Waals surface area contributed by atoms with Crippen molar-refractivity contribution in [3.8, 4) is 11.5 Å². The minimum absolute atomic E-state index is 0.0707. The van der Waals surface area contributed by atoms with Gasteiger partial charge in [0.25, 0.3) is 5.91 Å². The van der Waals surface area contributed by atoms with Gasteiger partial charge in [-0.3, -0.25) is 4.79 Å². The number of rotatable bonds is 7. The molecule has 5 heteroatoms. The molecule has 21 heavy (non-hydrogen) atoms. The monoisotopic (exact) mass is 293 g/mol. The average molecular weight is 293 g/mol. The maximum atomic E-state index is 12.1. The molecular weight excluding hydrogens is 268 g/mol. The first kappa shape index (κ1) is 15.6. The number of methoxy groups -OCH3 is 2. The van der Waals surface area contributed by atoms with E-state index in [-0.39, 0.29) is 11.9 Å². The van der Waals surface area contributed by atoms with Crippen molar-refractivity contribution in [1.29, 1.82) is 0 Å². The Hall–Kier alpha value is -1.75. The maximum Gasteiger partial charge on any atom is 0.278 e. The third-order valence-electron chi connectivity index (χ3n) is 3.99. The number of carbonyl (C=O) groups is 1. The molecule has 0 aliphatic heterocycles. The number of amides is 1. The van der Waals surface area contributed by atoms with Crippen LogP contribution in [0.2, 0.25) is 0 Å². The molecule has 5 nitrogen and oxygen atoms in total. The summed E-state index contributed by atoms with van der Waals surface area (Å²) in [4.78, 5) is 13.2. The molecule has 0 spiro atoms. The summed E-state index contributed by atoms with van der Waals surface area (Å²) < 4.78 is 10.6. The molecule has 0 bridgehead atoms. The van der Waals surface area contributed by atoms with Crippen LogP contribution in [-0.2, 0) is 11.3 Å². The number of carbonyl (C=O) groups excluding carboxylic acids is 1. The molecule has 0 aromatic heterocycles. The van der Waals surface area contributed by atoms with Crippen LogP contribution in [0.5, 0.6) is 11.5 Å². The third-order valence-corrected chi connectivity index (χ3v) is 3.99. The van der Waals surface area contributed by atoms with Crippen LogP contribution < -0.4 is 19.7 Å². The van der Waals surface area contributed by atoms with Gasteiger partial charge in [0.05, 0.1) is 21.3 Å². The molecule has 1 aromatic carbocycles. The summed E-state index contributed by atoms with van der Waals surface area (Å²) in [6, 6.07) is 6.22. The van der Waals surface area contributed by atoms with E-state index in [4.69, 9.17) is 9.47 Å². The van der Waals surface area contributed by atoms with Crippen LogP contribution in [0, 0.1) is 0 Å². The Morgan fingerprint density at radius 1 is 1.33 bits per heavy atom. The summed E-state index contributed by atoms with van der Waals surface area (Å²) in [5.74, 6) is 1.58. The summed E-state index contributed by atoms with van der Waals surface area (Å²) >= 11 is 0. The lowest BCUT2D eigenvalue weighted by Gasteiger charge is -2.21. The molecule has 1 amide bonds. The summed E-state index contributed by atoms with van der Waals surface area (Å²) in [7, 11) is 5.29. The molecule has 0 radical (unpaired) electrons. The zero-order valence-electron chi connectivity index (χ0n) is 13.2. The van der Waals surface area contributed by atoms with Crippen LogP contribution in [-0.4, -0.2) is 39.3 Å². The van der Waals surface area contributed by atoms with E-state index in [1.54, 1.807) is 14.2 Å². The Morgan fingerprint density at radius 3 is 2.57 bits per heavy atom. The molecule has 1 aliphatic rings. The lowest BCUT2D eigenvalue weighted by molar-refractivity contribution is -0.908. The van der Waals surface area contributed by atoms with Crippen LogP contribution in [0.15, 0.2) is 18.2 Å². The molecule has 1 unspecified atom stereocenters. The van der Waals surface area contributed by atoms with Gasteiger partial charge in [-0.15, -0.1) is 0 Å². The minimum Gasteiger partial charge on any atom is -0.493 e. The number of hydrogen-bond acceptors (Lipinski definition) is 3. The molecule has 0 heterocycles. The lowest BCUT2D eigenvalue weighted by Crippen LogP contribution is -3.12. The highest BCUT2D eigenvalue weighted by Crippen LogP contribution is 2.27. The quantitative estimate of drug-likeness (QED) is 0.764. The van der Waals surface area contributed by atoms with Gasteiger partial charge in [-0.1, -0.05) is 0 Å². The average Bonchev–Trinajstić information content (AvgIpc) is 3.29. The first-order chi connectivity index (χ1) is 10.0. The summed E-state index contributed by atoms with van der Waals surface area (Å²) in [5.41, 5.74) is 1.12. The molecular formula is C16H25N2O3+. The number of benzene rings is 1. The lowest BCUT2D eigenvalue weighted by atomic mass is 10.1. The van der Waals surface area contributed by atoms with Gasteiger partial charge in [-0.25, -0.2) is 0 Å². The molecule has 2 rings (SSSR count). The van der Waals surface area contributed by atoms with Crippen molar-refractivity contribution in [1.82, 2.24) is 5.32 Å². The number of hydrogen-bond donors (Lipinski definition) is 2. The maximum absolute atomic E-state index is 12.1. The number of nitrogens with one attached hydrogen (secondary N) is 2. The van der Waals surface area contributed by atoms with E-state index in [1.165, 1.54) is 0 Å². The minimum atomic E-state index is -0.0707. The third kappa shape index (κ3) is 4.11. The predicted molar refractivity (Wildman–Crippen MR) is 80.8 cm³/mol. The smallest absolute Gasteiger partial charge is 0.278 e. The van der Waals surface area contributed by atoms with Gasteiger partial charge in [0.2, 0.25) is 0 Å². The second-order valence-corrected chi connectivity index (χ2v) is 5.72. The van der Waals surface area contributed by atoms with Crippen molar-refractivity contribution < 1.29 is 19.2 Å². The SMILES string of the molecule is COc1ccc(C[NH+](C)[C@H](C)C(=O)NC2CC2)cc1OC. The fraction of sp³-hybridized carbons (Fsp3) is 0.562. The summed E-state index contributed by atoms with van der Waals surface area (Å²) in [5, 5.41) is 3.06. The molecule has 116 valence electrons. The van der Waals surface area contributed by atoms with Crippen molar-refractivity contribution in [2.24, 2.45) is 0 Å². The Kier molecular flexibility index (Phi) is 5.07. The first-order valence-corrected chi connectivity index (χ1v) is 7.38. The van der Waals surface area contributed by atoms with Crippen LogP contribution in [0.1, 0.15) is 25.3 Å². The van der Waals surface area contributed by atoms with E-state index in [9.17, 15) is 4.79 Å². The van der Waals surface area contributed by atoms with E-state index in [0.717, 1.165) is 41.3 Å². The highest BCUT2D eigenvalue weighted by Gasteiger charge is 2.29. The van der Waals surface area contributed by atoms with E-state index in [1.807, 2.05) is 32.2 Å². The largest absolute Gasteiger partial charge is 0.493 e. The fourth-order valence-corrected chi connectivity index (χ4v) is 2.24. The normalized spacial score (nSPS) is 17.0. The van der Waals surface area contributed by atoms with Crippen molar-refractivity contribution >= 4 is 5.91 Å². The van der Waals surface area contributed by atoms with Crippen LogP contribution >= 0.6 is 0 Å². The number of likely N-dealkylation sites (N-methyl/N-ethyl adjacent to an activating group) is 1.